The van der Waals surface area contributed by atoms with E-state index in [4.69, 9.17) is 0 Å². The number of imidazole rings is 1. The molecule has 4 rings (SSSR count). The molecule has 1 aliphatic carbocycles. The monoisotopic (exact) mass is 433 g/mol. The van der Waals surface area contributed by atoms with Gasteiger partial charge in [-0.25, -0.2) is 9.37 Å². The summed E-state index contributed by atoms with van der Waals surface area (Å²) in [6.07, 6.45) is 5.95. The molecule has 3 aromatic rings. The number of aromatic nitrogens is 2. The first-order chi connectivity index (χ1) is 15.4. The van der Waals surface area contributed by atoms with Gasteiger partial charge in [-0.15, -0.1) is 0 Å². The van der Waals surface area contributed by atoms with E-state index in [9.17, 15) is 19.6 Å². The molecule has 0 spiro atoms. The van der Waals surface area contributed by atoms with Crippen molar-refractivity contribution in [3.8, 4) is 6.07 Å². The average molecular weight is 434 g/mol. The highest BCUT2D eigenvalue weighted by Crippen LogP contribution is 2.36. The quantitative estimate of drug-likeness (QED) is 0.461. The smallest absolute Gasteiger partial charge is 0.143 e. The van der Waals surface area contributed by atoms with Crippen LogP contribution in [0.5, 0.6) is 0 Å². The lowest BCUT2D eigenvalue weighted by Gasteiger charge is -2.29. The number of fused-ring (bicyclic) bond motifs is 1. The van der Waals surface area contributed by atoms with Crippen LogP contribution in [-0.2, 0) is 16.8 Å². The summed E-state index contributed by atoms with van der Waals surface area (Å²) in [5, 5.41) is 19.9. The highest BCUT2D eigenvalue weighted by molar-refractivity contribution is 5.80. The van der Waals surface area contributed by atoms with Crippen LogP contribution in [0.1, 0.15) is 74.9 Å². The minimum absolute atomic E-state index is 0.0343. The predicted octanol–water partition coefficient (Wildman–Crippen LogP) is 5.35. The zero-order valence-corrected chi connectivity index (χ0v) is 18.4. The third kappa shape index (κ3) is 4.58. The second-order valence-electron chi connectivity index (χ2n) is 8.98. The number of aryl methyl sites for hydroxylation is 1. The number of nitrogens with zero attached hydrogens (tertiary/aromatic N) is 3. The molecule has 1 aromatic heterocycles. The SMILES string of the molecule is CC(O)(CC(=O)CCCCc1nc2cc(F)c(C#N)cc2n1C1CCC1)c1ccccc1. The molecular formula is C26H28FN3O2. The van der Waals surface area contributed by atoms with Gasteiger partial charge in [-0.3, -0.25) is 4.79 Å². The number of hydrogen-bond donors (Lipinski definition) is 1. The van der Waals surface area contributed by atoms with Crippen LogP contribution in [0, 0.1) is 17.1 Å². The van der Waals surface area contributed by atoms with Crippen molar-refractivity contribution in [1.29, 1.82) is 5.26 Å². The molecule has 1 aliphatic rings. The first-order valence-corrected chi connectivity index (χ1v) is 11.3. The summed E-state index contributed by atoms with van der Waals surface area (Å²) >= 11 is 0. The molecular weight excluding hydrogens is 405 g/mol. The van der Waals surface area contributed by atoms with Gasteiger partial charge in [-0.2, -0.15) is 5.26 Å². The Morgan fingerprint density at radius 1 is 1.28 bits per heavy atom. The maximum Gasteiger partial charge on any atom is 0.143 e. The van der Waals surface area contributed by atoms with Crippen molar-refractivity contribution in [2.24, 2.45) is 0 Å². The van der Waals surface area contributed by atoms with Crippen LogP contribution in [0.15, 0.2) is 42.5 Å². The average Bonchev–Trinajstić information content (AvgIpc) is 3.06. The molecule has 6 heteroatoms. The molecule has 32 heavy (non-hydrogen) atoms. The van der Waals surface area contributed by atoms with Gasteiger partial charge in [-0.05, 0) is 50.7 Å². The molecule has 1 N–H and O–H groups in total. The molecule has 0 amide bonds. The Bertz CT molecular complexity index is 1160. The lowest BCUT2D eigenvalue weighted by Crippen LogP contribution is -2.25. The van der Waals surface area contributed by atoms with Crippen LogP contribution < -0.4 is 0 Å². The van der Waals surface area contributed by atoms with Gasteiger partial charge in [-0.1, -0.05) is 30.3 Å². The zero-order valence-electron chi connectivity index (χ0n) is 18.4. The Labute approximate surface area is 187 Å². The number of benzene rings is 2. The number of rotatable bonds is 9. The van der Waals surface area contributed by atoms with Gasteiger partial charge < -0.3 is 9.67 Å². The minimum atomic E-state index is -1.17. The van der Waals surface area contributed by atoms with Gasteiger partial charge in [0.05, 0.1) is 22.2 Å². The number of carbonyl (C=O) groups excluding carboxylic acids is 1. The van der Waals surface area contributed by atoms with Crippen LogP contribution in [0.25, 0.3) is 11.0 Å². The molecule has 1 saturated carbocycles. The molecule has 1 unspecified atom stereocenters. The summed E-state index contributed by atoms with van der Waals surface area (Å²) in [5.41, 5.74) is 1.02. The highest BCUT2D eigenvalue weighted by atomic mass is 19.1. The zero-order chi connectivity index (χ0) is 22.7. The molecule has 5 nitrogen and oxygen atoms in total. The molecule has 1 fully saturated rings. The molecule has 0 radical (unpaired) electrons. The molecule has 2 aromatic carbocycles. The molecule has 1 atom stereocenters. The Balaban J connectivity index is 1.39. The van der Waals surface area contributed by atoms with Crippen LogP contribution in [0.2, 0.25) is 0 Å². The third-order valence-electron chi connectivity index (χ3n) is 6.45. The van der Waals surface area contributed by atoms with Crippen LogP contribution >= 0.6 is 0 Å². The van der Waals surface area contributed by atoms with Crippen molar-refractivity contribution in [2.45, 2.75) is 69.9 Å². The largest absolute Gasteiger partial charge is 0.385 e. The standard InChI is InChI=1S/C26H28FN3O2/c1-26(32,19-8-3-2-4-9-19)16-21(31)12-5-6-13-25-29-23-15-22(27)18(17-28)14-24(23)30(25)20-10-7-11-20/h2-4,8-9,14-15,20,32H,5-7,10-13,16H2,1H3. The fourth-order valence-electron chi connectivity index (χ4n) is 4.46. The summed E-state index contributed by atoms with van der Waals surface area (Å²) in [4.78, 5) is 17.1. The van der Waals surface area contributed by atoms with Crippen LogP contribution in [0.3, 0.4) is 0 Å². The highest BCUT2D eigenvalue weighted by Gasteiger charge is 2.27. The number of Topliss-reactive ketones (excluding diaryl/α,β-unsaturated/α-hetero) is 1. The van der Waals surface area contributed by atoms with Crippen molar-refractivity contribution < 1.29 is 14.3 Å². The van der Waals surface area contributed by atoms with E-state index < -0.39 is 11.4 Å². The number of halogens is 1. The van der Waals surface area contributed by atoms with Crippen molar-refractivity contribution >= 4 is 16.8 Å². The first kappa shape index (κ1) is 22.2. The molecule has 0 bridgehead atoms. The summed E-state index contributed by atoms with van der Waals surface area (Å²) in [6, 6.07) is 14.5. The number of nitriles is 1. The van der Waals surface area contributed by atoms with Gasteiger partial charge in [0.2, 0.25) is 0 Å². The molecule has 1 heterocycles. The van der Waals surface area contributed by atoms with E-state index in [2.05, 4.69) is 9.55 Å². The lowest BCUT2D eigenvalue weighted by molar-refractivity contribution is -0.123. The maximum absolute atomic E-state index is 14.1. The Kier molecular flexibility index (Phi) is 6.38. The fraction of sp³-hybridized carbons (Fsp3) is 0.423. The number of ketones is 1. The van der Waals surface area contributed by atoms with E-state index in [0.29, 0.717) is 30.8 Å². The van der Waals surface area contributed by atoms with E-state index in [1.165, 1.54) is 6.07 Å². The Morgan fingerprint density at radius 2 is 2.03 bits per heavy atom. The number of unbranched alkanes of at least 4 members (excludes halogenated alkanes) is 1. The number of carbonyl (C=O) groups is 1. The van der Waals surface area contributed by atoms with E-state index in [0.717, 1.165) is 42.6 Å². The molecule has 0 saturated heterocycles. The third-order valence-corrected chi connectivity index (χ3v) is 6.45. The van der Waals surface area contributed by atoms with Crippen molar-refractivity contribution in [3.05, 3.63) is 65.2 Å². The normalized spacial score (nSPS) is 15.8. The molecule has 166 valence electrons. The van der Waals surface area contributed by atoms with Gasteiger partial charge in [0.1, 0.15) is 23.5 Å². The van der Waals surface area contributed by atoms with Gasteiger partial charge in [0.15, 0.2) is 0 Å². The maximum atomic E-state index is 14.1. The fourth-order valence-corrected chi connectivity index (χ4v) is 4.46. The van der Waals surface area contributed by atoms with Crippen molar-refractivity contribution in [3.63, 3.8) is 0 Å². The predicted molar refractivity (Wildman–Crippen MR) is 120 cm³/mol. The Morgan fingerprint density at radius 3 is 2.69 bits per heavy atom. The topological polar surface area (TPSA) is 78.9 Å². The lowest BCUT2D eigenvalue weighted by atomic mass is 9.89. The van der Waals surface area contributed by atoms with Crippen LogP contribution in [0.4, 0.5) is 4.39 Å². The summed E-state index contributed by atoms with van der Waals surface area (Å²) in [7, 11) is 0. The minimum Gasteiger partial charge on any atom is -0.385 e. The second kappa shape index (κ2) is 9.22. The van der Waals surface area contributed by atoms with E-state index >= 15 is 0 Å². The van der Waals surface area contributed by atoms with Crippen LogP contribution in [-0.4, -0.2) is 20.4 Å². The summed E-state index contributed by atoms with van der Waals surface area (Å²) in [5.74, 6) is 0.385. The molecule has 0 aliphatic heterocycles. The second-order valence-corrected chi connectivity index (χ2v) is 8.98. The van der Waals surface area contributed by atoms with Gasteiger partial charge >= 0.3 is 0 Å². The first-order valence-electron chi connectivity index (χ1n) is 11.3. The van der Waals surface area contributed by atoms with E-state index in [-0.39, 0.29) is 17.8 Å². The van der Waals surface area contributed by atoms with E-state index in [1.54, 1.807) is 13.0 Å². The van der Waals surface area contributed by atoms with Crippen molar-refractivity contribution in [2.75, 3.05) is 0 Å². The van der Waals surface area contributed by atoms with Gasteiger partial charge in [0.25, 0.3) is 0 Å². The number of hydrogen-bond acceptors (Lipinski definition) is 4. The van der Waals surface area contributed by atoms with E-state index in [1.807, 2.05) is 36.4 Å². The Hall–Kier alpha value is -3.04. The summed E-state index contributed by atoms with van der Waals surface area (Å²) < 4.78 is 16.2. The van der Waals surface area contributed by atoms with Crippen molar-refractivity contribution in [1.82, 2.24) is 9.55 Å². The number of aliphatic hydroxyl groups is 1. The van der Waals surface area contributed by atoms with Gasteiger partial charge in [0, 0.05) is 31.4 Å². The summed E-state index contributed by atoms with van der Waals surface area (Å²) in [6.45, 7) is 1.68.